The summed E-state index contributed by atoms with van der Waals surface area (Å²) >= 11 is 0. The molecule has 2 aliphatic rings. The van der Waals surface area contributed by atoms with Crippen molar-refractivity contribution in [2.45, 2.75) is 185 Å². The number of allylic oxidation sites excluding steroid dienone is 2. The summed E-state index contributed by atoms with van der Waals surface area (Å²) in [4.78, 5) is 21.1. The van der Waals surface area contributed by atoms with Gasteiger partial charge in [-0.2, -0.15) is 0 Å². The summed E-state index contributed by atoms with van der Waals surface area (Å²) in [6.07, 6.45) is 23.1. The van der Waals surface area contributed by atoms with E-state index in [1.807, 2.05) is 0 Å². The van der Waals surface area contributed by atoms with Crippen molar-refractivity contribution in [2.75, 3.05) is 65.6 Å². The normalized spacial score (nSPS) is 16.1. The summed E-state index contributed by atoms with van der Waals surface area (Å²) in [5.74, 6) is -1.22. The third-order valence-electron chi connectivity index (χ3n) is 10.4. The highest BCUT2D eigenvalue weighted by Gasteiger charge is 2.26. The lowest BCUT2D eigenvalue weighted by Gasteiger charge is -2.39. The van der Waals surface area contributed by atoms with Gasteiger partial charge in [-0.1, -0.05) is 121 Å². The molecule has 2 aliphatic heterocycles. The van der Waals surface area contributed by atoms with Gasteiger partial charge in [0.1, 0.15) is 0 Å². The second kappa shape index (κ2) is 33.5. The molecule has 0 bridgehead atoms. The minimum absolute atomic E-state index is 0.169. The molecule has 0 aliphatic carbocycles. The van der Waals surface area contributed by atoms with E-state index in [0.717, 1.165) is 0 Å². The van der Waals surface area contributed by atoms with E-state index >= 15 is 0 Å². The van der Waals surface area contributed by atoms with Crippen LogP contribution in [0.1, 0.15) is 185 Å². The second-order valence-electron chi connectivity index (χ2n) is 15.1. The molecule has 2 saturated heterocycles. The Bertz CT molecular complexity index is 801. The largest absolute Gasteiger partial charge is 0.875 e. The second-order valence-corrected chi connectivity index (χ2v) is 15.1. The van der Waals surface area contributed by atoms with Gasteiger partial charge in [0.25, 0.3) is 0 Å². The van der Waals surface area contributed by atoms with Crippen molar-refractivity contribution >= 4 is 11.9 Å². The molecule has 2 fully saturated rings. The molecule has 8 heteroatoms. The van der Waals surface area contributed by atoms with Gasteiger partial charge in [0.05, 0.1) is 65.6 Å². The predicted molar refractivity (Wildman–Crippen MR) is 215 cm³/mol. The van der Waals surface area contributed by atoms with Gasteiger partial charge in [-0.3, -0.25) is 0 Å². The van der Waals surface area contributed by atoms with E-state index in [9.17, 15) is 19.8 Å². The van der Waals surface area contributed by atoms with Gasteiger partial charge in [-0.25, -0.2) is 9.59 Å². The molecule has 0 N–H and O–H groups in total. The van der Waals surface area contributed by atoms with Crippen LogP contribution in [0, 0.1) is 0 Å². The van der Waals surface area contributed by atoms with E-state index in [0.29, 0.717) is 37.2 Å². The number of hydrogen-bond acceptors (Lipinski definition) is 6. The van der Waals surface area contributed by atoms with Gasteiger partial charge in [0.2, 0.25) is 0 Å². The molecule has 0 aromatic heterocycles. The molecule has 2 rings (SSSR count). The molecular weight excluding hydrogens is 652 g/mol. The number of carbonyl (C=O) groups is 2. The van der Waals surface area contributed by atoms with Crippen LogP contribution in [-0.2, 0) is 19.1 Å². The predicted octanol–water partition coefficient (Wildman–Crippen LogP) is 9.14. The van der Waals surface area contributed by atoms with Gasteiger partial charge in [-0.15, -0.1) is 11.5 Å². The summed E-state index contributed by atoms with van der Waals surface area (Å²) in [5.41, 5.74) is 0.602. The van der Waals surface area contributed by atoms with Gasteiger partial charge in [0.15, 0.2) is 0 Å². The van der Waals surface area contributed by atoms with Crippen molar-refractivity contribution in [1.82, 2.24) is 0 Å². The number of ether oxygens (including phenoxy) is 2. The molecule has 0 unspecified atom stereocenters. The summed E-state index contributed by atoms with van der Waals surface area (Å²) < 4.78 is 11.9. The number of hydrogen-bond donors (Lipinski definition) is 0. The first kappa shape index (κ1) is 52.0. The lowest BCUT2D eigenvalue weighted by atomic mass is 10.1. The highest BCUT2D eigenvalue weighted by molar-refractivity contribution is 5.90. The number of rotatable bonds is 24. The average Bonchev–Trinajstić information content (AvgIpc) is 3.79. The Morgan fingerprint density at radius 3 is 0.731 bits per heavy atom. The third-order valence-corrected chi connectivity index (χ3v) is 10.4. The molecule has 0 radical (unpaired) electrons. The van der Waals surface area contributed by atoms with Crippen LogP contribution in [0.15, 0.2) is 22.7 Å². The maximum absolute atomic E-state index is 10.5. The fourth-order valence-corrected chi connectivity index (χ4v) is 6.80. The van der Waals surface area contributed by atoms with Gasteiger partial charge in [-0.05, 0) is 51.4 Å². The van der Waals surface area contributed by atoms with Crippen molar-refractivity contribution in [3.05, 3.63) is 22.7 Å². The highest BCUT2D eigenvalue weighted by atomic mass is 16.5. The zero-order valence-corrected chi connectivity index (χ0v) is 36.1. The van der Waals surface area contributed by atoms with E-state index in [2.05, 4.69) is 64.9 Å². The molecule has 8 nitrogen and oxygen atoms in total. The van der Waals surface area contributed by atoms with Gasteiger partial charge in [0, 0.05) is 24.0 Å². The van der Waals surface area contributed by atoms with Gasteiger partial charge >= 0.3 is 11.9 Å². The first-order valence-electron chi connectivity index (χ1n) is 21.7. The van der Waals surface area contributed by atoms with Crippen LogP contribution >= 0.6 is 0 Å². The van der Waals surface area contributed by atoms with Crippen LogP contribution < -0.4 is 10.2 Å². The molecule has 308 valence electrons. The van der Waals surface area contributed by atoms with Crippen LogP contribution in [0.25, 0.3) is 0 Å². The number of unbranched alkanes of at least 4 members (excludes halogenated alkanes) is 8. The Kier molecular flexibility index (Phi) is 33.5. The van der Waals surface area contributed by atoms with Crippen molar-refractivity contribution < 1.29 is 38.2 Å². The molecule has 0 atom stereocenters. The Balaban J connectivity index is 0. The van der Waals surface area contributed by atoms with Crippen LogP contribution in [0.5, 0.6) is 0 Å². The van der Waals surface area contributed by atoms with E-state index in [4.69, 9.17) is 0 Å². The standard InChI is InChI=1S/2C16H36N.2C6H8O3/c2*1-5-9-13-17(14-10-6-2,15-11-7-3)16-12-8-4;2*1-4(7)5-2-3-9-6(5)8/h2*5-16H2,1-4H3;2*7H,2-3H2,1H3/q2*+1;;/p-2/b;;2*5-4+. The molecule has 0 aromatic carbocycles. The van der Waals surface area contributed by atoms with Crippen molar-refractivity contribution in [1.29, 1.82) is 0 Å². The lowest BCUT2D eigenvalue weighted by Crippen LogP contribution is -2.50. The molecule has 0 saturated carbocycles. The Morgan fingerprint density at radius 2 is 0.635 bits per heavy atom. The van der Waals surface area contributed by atoms with Gasteiger partial charge < -0.3 is 28.7 Å². The number of carbonyl (C=O) groups excluding carboxylic acids is 2. The zero-order valence-electron chi connectivity index (χ0n) is 36.1. The van der Waals surface area contributed by atoms with Crippen molar-refractivity contribution in [2.24, 2.45) is 0 Å². The summed E-state index contributed by atoms with van der Waals surface area (Å²) in [6.45, 7) is 33.5. The first-order valence-corrected chi connectivity index (χ1v) is 21.7. The monoisotopic (exact) mass is 739 g/mol. The smallest absolute Gasteiger partial charge is 0.333 e. The minimum Gasteiger partial charge on any atom is -0.875 e. The molecular formula is C44H86N2O6. The first-order chi connectivity index (χ1) is 24.9. The summed E-state index contributed by atoms with van der Waals surface area (Å²) in [5, 5.41) is 21.0. The number of cyclic esters (lactones) is 2. The number of esters is 2. The SMILES string of the molecule is C/C([O-])=C1/CCOC1=O.C/C([O-])=C1/CCOC1=O.CCCC[N+](CCCC)(CCCC)CCCC.CCCC[N+](CCCC)(CCCC)CCCC. The Hall–Kier alpha value is -2.06. The van der Waals surface area contributed by atoms with E-state index in [-0.39, 0.29) is 11.5 Å². The van der Waals surface area contributed by atoms with Crippen molar-refractivity contribution in [3.8, 4) is 0 Å². The van der Waals surface area contributed by atoms with E-state index < -0.39 is 11.9 Å². The minimum atomic E-state index is -0.442. The maximum atomic E-state index is 10.5. The van der Waals surface area contributed by atoms with Crippen LogP contribution in [0.4, 0.5) is 0 Å². The number of quaternary nitrogens is 2. The summed E-state index contributed by atoms with van der Waals surface area (Å²) in [6, 6.07) is 0. The highest BCUT2D eigenvalue weighted by Crippen LogP contribution is 2.18. The topological polar surface area (TPSA) is 98.7 Å². The molecule has 2 heterocycles. The van der Waals surface area contributed by atoms with Crippen LogP contribution in [0.2, 0.25) is 0 Å². The fraction of sp³-hybridized carbons (Fsp3) is 0.864. The molecule has 52 heavy (non-hydrogen) atoms. The maximum Gasteiger partial charge on any atom is 0.333 e. The van der Waals surface area contributed by atoms with E-state index in [1.54, 1.807) is 0 Å². The fourth-order valence-electron chi connectivity index (χ4n) is 6.80. The number of nitrogens with zero attached hydrogens (tertiary/aromatic N) is 2. The quantitative estimate of drug-likeness (QED) is 0.0424. The van der Waals surface area contributed by atoms with Crippen molar-refractivity contribution in [3.63, 3.8) is 0 Å². The molecule has 0 aromatic rings. The third kappa shape index (κ3) is 24.3. The molecule has 0 amide bonds. The lowest BCUT2D eigenvalue weighted by molar-refractivity contribution is -0.929. The summed E-state index contributed by atoms with van der Waals surface area (Å²) in [7, 11) is 0. The van der Waals surface area contributed by atoms with Crippen LogP contribution in [-0.4, -0.2) is 86.5 Å². The molecule has 0 spiro atoms. The van der Waals surface area contributed by atoms with Crippen LogP contribution in [0.3, 0.4) is 0 Å². The Labute approximate surface area is 322 Å². The Morgan fingerprint density at radius 1 is 0.442 bits per heavy atom. The van der Waals surface area contributed by atoms with E-state index in [1.165, 1.54) is 178 Å². The average molecular weight is 739 g/mol. The zero-order chi connectivity index (χ0) is 39.7.